The van der Waals surface area contributed by atoms with Gasteiger partial charge in [0.05, 0.1) is 22.5 Å². The molecule has 4 rings (SSSR count). The summed E-state index contributed by atoms with van der Waals surface area (Å²) in [6.45, 7) is 2.95. The molecule has 2 aliphatic carbocycles. The largest absolute Gasteiger partial charge is 0.459 e. The molecule has 1 aromatic carbocycles. The van der Waals surface area contributed by atoms with Gasteiger partial charge >= 0.3 is 11.9 Å². The van der Waals surface area contributed by atoms with Crippen LogP contribution < -0.4 is 4.74 Å². The first kappa shape index (κ1) is 20.3. The highest BCUT2D eigenvalue weighted by Crippen LogP contribution is 2.61. The molecule has 158 valence electrons. The lowest BCUT2D eigenvalue weighted by Crippen LogP contribution is -2.48. The van der Waals surface area contributed by atoms with Gasteiger partial charge in [0.1, 0.15) is 18.5 Å². The number of hydrogen-bond acceptors (Lipinski definition) is 8. The molecule has 0 spiro atoms. The van der Waals surface area contributed by atoms with Crippen molar-refractivity contribution in [2.45, 2.75) is 43.0 Å². The van der Waals surface area contributed by atoms with Crippen molar-refractivity contribution in [2.24, 2.45) is 23.7 Å². The van der Waals surface area contributed by atoms with Gasteiger partial charge in [0.15, 0.2) is 0 Å². The van der Waals surface area contributed by atoms with Crippen LogP contribution in [0.15, 0.2) is 29.2 Å². The van der Waals surface area contributed by atoms with Crippen molar-refractivity contribution in [2.75, 3.05) is 6.61 Å². The number of carbonyl (C=O) groups excluding carboxylic acids is 2. The van der Waals surface area contributed by atoms with E-state index in [4.69, 9.17) is 18.8 Å². The van der Waals surface area contributed by atoms with Crippen LogP contribution in [0.3, 0.4) is 0 Å². The van der Waals surface area contributed by atoms with E-state index < -0.39 is 33.9 Å². The number of benzene rings is 1. The Labute approximate surface area is 167 Å². The zero-order valence-corrected chi connectivity index (χ0v) is 16.7. The van der Waals surface area contributed by atoms with Crippen LogP contribution in [-0.2, 0) is 29.2 Å². The molecule has 3 fully saturated rings. The molecule has 2 N–H and O–H groups in total. The van der Waals surface area contributed by atoms with Gasteiger partial charge in [-0.1, -0.05) is 0 Å². The van der Waals surface area contributed by atoms with Crippen molar-refractivity contribution in [1.29, 1.82) is 0 Å². The topological polar surface area (TPSA) is 136 Å². The summed E-state index contributed by atoms with van der Waals surface area (Å²) in [6.07, 6.45) is -0.210. The third-order valence-electron chi connectivity index (χ3n) is 6.11. The van der Waals surface area contributed by atoms with Crippen LogP contribution in [0.4, 0.5) is 0 Å². The molecule has 1 aliphatic heterocycles. The molecule has 0 radical (unpaired) electrons. The van der Waals surface area contributed by atoms with E-state index in [1.54, 1.807) is 13.8 Å². The molecule has 3 aliphatic rings. The molecule has 2 bridgehead atoms. The monoisotopic (exact) mass is 426 g/mol. The number of ether oxygens (including phenoxy) is 3. The molecule has 29 heavy (non-hydrogen) atoms. The van der Waals surface area contributed by atoms with Gasteiger partial charge in [0.2, 0.25) is 0 Å². The maximum Gasteiger partial charge on any atom is 0.337 e. The minimum absolute atomic E-state index is 0.0158. The fraction of sp³-hybridized carbons (Fsp3) is 0.579. The van der Waals surface area contributed by atoms with Crippen LogP contribution >= 0.6 is 0 Å². The lowest BCUT2D eigenvalue weighted by Gasteiger charge is -2.38. The second kappa shape index (κ2) is 6.76. The van der Waals surface area contributed by atoms with E-state index >= 15 is 0 Å². The van der Waals surface area contributed by atoms with Gasteiger partial charge in [0, 0.05) is 11.8 Å². The van der Waals surface area contributed by atoms with Gasteiger partial charge in [-0.15, -0.1) is 0 Å². The predicted octanol–water partition coefficient (Wildman–Crippen LogP) is 0.802. The summed E-state index contributed by atoms with van der Waals surface area (Å²) in [5, 5.41) is 10.5. The number of esters is 2. The summed E-state index contributed by atoms with van der Waals surface area (Å²) < 4.78 is 47.4. The summed E-state index contributed by atoms with van der Waals surface area (Å²) >= 11 is 0. The Bertz CT molecular complexity index is 931. The van der Waals surface area contributed by atoms with Gasteiger partial charge in [-0.2, -0.15) is 8.42 Å². The molecule has 1 heterocycles. The Morgan fingerprint density at radius 2 is 1.90 bits per heavy atom. The highest BCUT2D eigenvalue weighted by Gasteiger charge is 2.69. The smallest absolute Gasteiger partial charge is 0.337 e. The van der Waals surface area contributed by atoms with E-state index in [-0.39, 0.29) is 46.9 Å². The van der Waals surface area contributed by atoms with E-state index in [0.717, 1.165) is 12.1 Å². The average Bonchev–Trinajstić information content (AvgIpc) is 3.21. The summed E-state index contributed by atoms with van der Waals surface area (Å²) in [4.78, 5) is 24.1. The lowest BCUT2D eigenvalue weighted by atomic mass is 9.71. The van der Waals surface area contributed by atoms with Crippen LogP contribution in [0.5, 0.6) is 5.75 Å². The van der Waals surface area contributed by atoms with E-state index in [2.05, 4.69) is 0 Å². The van der Waals surface area contributed by atoms with E-state index in [9.17, 15) is 23.1 Å². The van der Waals surface area contributed by atoms with Crippen LogP contribution in [0.25, 0.3) is 0 Å². The number of aliphatic hydroxyl groups is 1. The molecule has 0 aromatic heterocycles. The first-order chi connectivity index (χ1) is 13.5. The zero-order chi connectivity index (χ0) is 21.1. The number of carbonyl (C=O) groups is 2. The van der Waals surface area contributed by atoms with Crippen molar-refractivity contribution >= 4 is 22.1 Å². The van der Waals surface area contributed by atoms with E-state index in [1.165, 1.54) is 12.1 Å². The number of fused-ring (bicyclic) bond motifs is 1. The third-order valence-corrected chi connectivity index (χ3v) is 6.98. The van der Waals surface area contributed by atoms with Gasteiger partial charge in [-0.25, -0.2) is 4.79 Å². The van der Waals surface area contributed by atoms with Crippen molar-refractivity contribution in [3.63, 3.8) is 0 Å². The van der Waals surface area contributed by atoms with Crippen LogP contribution in [-0.4, -0.2) is 54.4 Å². The highest BCUT2D eigenvalue weighted by molar-refractivity contribution is 7.85. The SMILES string of the molecule is CC(C)(O)C1C2CC3C(OC(=O)C31)C2OCC(=O)Oc1ccc(S(=O)(=O)O)cc1. The number of hydrogen-bond donors (Lipinski definition) is 2. The standard InChI is InChI=1S/C19H22O9S/c1-19(2,22)15-12-7-11-14(15)18(21)28-17(11)16(12)26-8-13(20)27-9-3-5-10(6-4-9)29(23,24)25/h3-6,11-12,14-17,22H,7-8H2,1-2H3,(H,23,24,25). The van der Waals surface area contributed by atoms with Gasteiger partial charge in [-0.05, 0) is 50.5 Å². The average molecular weight is 426 g/mol. The van der Waals surface area contributed by atoms with Crippen molar-refractivity contribution in [3.8, 4) is 5.75 Å². The first-order valence-corrected chi connectivity index (χ1v) is 10.7. The van der Waals surface area contributed by atoms with E-state index in [1.807, 2.05) is 0 Å². The Kier molecular flexibility index (Phi) is 4.73. The Morgan fingerprint density at radius 3 is 2.48 bits per heavy atom. The van der Waals surface area contributed by atoms with E-state index in [0.29, 0.717) is 6.42 Å². The quantitative estimate of drug-likeness (QED) is 0.384. The second-order valence-corrected chi connectivity index (χ2v) is 9.79. The molecule has 6 atom stereocenters. The summed E-state index contributed by atoms with van der Waals surface area (Å²) in [5.74, 6) is -1.66. The minimum atomic E-state index is -4.33. The Hall–Kier alpha value is -2.01. The highest BCUT2D eigenvalue weighted by atomic mass is 32.2. The Morgan fingerprint density at radius 1 is 1.24 bits per heavy atom. The summed E-state index contributed by atoms with van der Waals surface area (Å²) in [7, 11) is -4.33. The predicted molar refractivity (Wildman–Crippen MR) is 96.4 cm³/mol. The summed E-state index contributed by atoms with van der Waals surface area (Å²) in [6, 6.07) is 4.71. The maximum absolute atomic E-state index is 12.2. The van der Waals surface area contributed by atoms with Crippen molar-refractivity contribution in [1.82, 2.24) is 0 Å². The molecule has 0 amide bonds. The van der Waals surface area contributed by atoms with Gasteiger partial charge < -0.3 is 19.3 Å². The Balaban J connectivity index is 1.39. The molecule has 1 saturated heterocycles. The fourth-order valence-corrected chi connectivity index (χ4v) is 5.66. The normalized spacial score (nSPS) is 33.0. The number of rotatable bonds is 6. The second-order valence-electron chi connectivity index (χ2n) is 8.37. The van der Waals surface area contributed by atoms with Crippen LogP contribution in [0.2, 0.25) is 0 Å². The fourth-order valence-electron chi connectivity index (χ4n) is 5.18. The van der Waals surface area contributed by atoms with Gasteiger partial charge in [-0.3, -0.25) is 9.35 Å². The molecule has 6 unspecified atom stereocenters. The minimum Gasteiger partial charge on any atom is -0.459 e. The van der Waals surface area contributed by atoms with Crippen LogP contribution in [0, 0.1) is 23.7 Å². The molecule has 10 heteroatoms. The molecular formula is C19H22O9S. The first-order valence-electron chi connectivity index (χ1n) is 9.29. The van der Waals surface area contributed by atoms with Crippen LogP contribution in [0.1, 0.15) is 20.3 Å². The summed E-state index contributed by atoms with van der Waals surface area (Å²) in [5.41, 5.74) is -1.07. The lowest BCUT2D eigenvalue weighted by molar-refractivity contribution is -0.151. The maximum atomic E-state index is 12.2. The third kappa shape index (κ3) is 3.54. The molecule has 9 nitrogen and oxygen atoms in total. The van der Waals surface area contributed by atoms with Crippen molar-refractivity contribution < 1.29 is 41.9 Å². The molecule has 2 saturated carbocycles. The zero-order valence-electron chi connectivity index (χ0n) is 15.8. The van der Waals surface area contributed by atoms with Gasteiger partial charge in [0.25, 0.3) is 10.1 Å². The molecule has 1 aromatic rings. The van der Waals surface area contributed by atoms with Crippen molar-refractivity contribution in [3.05, 3.63) is 24.3 Å². The molecular weight excluding hydrogens is 404 g/mol.